The molecule has 6 heteroatoms. The maximum absolute atomic E-state index is 5.61. The van der Waals surface area contributed by atoms with E-state index in [-0.39, 0.29) is 10.7 Å². The van der Waals surface area contributed by atoms with Gasteiger partial charge in [0, 0.05) is 5.39 Å². The Morgan fingerprint density at radius 1 is 1.24 bits per heavy atom. The van der Waals surface area contributed by atoms with Gasteiger partial charge in [-0.25, -0.2) is 4.98 Å². The van der Waals surface area contributed by atoms with Crippen LogP contribution in [0.15, 0.2) is 34.9 Å². The van der Waals surface area contributed by atoms with E-state index in [1.807, 2.05) is 24.3 Å². The Morgan fingerprint density at radius 2 is 2.06 bits per heavy atom. The molecule has 84 valence electrons. The third-order valence-electron chi connectivity index (χ3n) is 2.41. The lowest BCUT2D eigenvalue weighted by molar-refractivity contribution is 0.616. The third-order valence-corrected chi connectivity index (χ3v) is 2.59. The van der Waals surface area contributed by atoms with Gasteiger partial charge in [-0.3, -0.25) is 0 Å². The summed E-state index contributed by atoms with van der Waals surface area (Å²) in [5, 5.41) is 0.955. The van der Waals surface area contributed by atoms with Crippen LogP contribution >= 0.6 is 12.2 Å². The normalized spacial score (nSPS) is 10.8. The van der Waals surface area contributed by atoms with Gasteiger partial charge in [0.15, 0.2) is 0 Å². The molecule has 0 aliphatic heterocycles. The van der Waals surface area contributed by atoms with E-state index < -0.39 is 0 Å². The molecule has 0 saturated heterocycles. The van der Waals surface area contributed by atoms with Crippen molar-refractivity contribution in [2.24, 2.45) is 0 Å². The Morgan fingerprint density at radius 3 is 2.88 bits per heavy atom. The Labute approximate surface area is 101 Å². The van der Waals surface area contributed by atoms with Crippen molar-refractivity contribution in [3.63, 3.8) is 0 Å². The van der Waals surface area contributed by atoms with Crippen LogP contribution in [0.4, 0.5) is 5.95 Å². The standard InChI is InChI=1S/C11H8N4OS/c12-10-13-9(14-11(17)15-10)7-5-16-8-4-2-1-3-6(7)8/h1-5H,(H3,12,13,14,15,17). The fourth-order valence-electron chi connectivity index (χ4n) is 1.69. The quantitative estimate of drug-likeness (QED) is 0.643. The number of anilines is 1. The molecule has 5 nitrogen and oxygen atoms in total. The van der Waals surface area contributed by atoms with Crippen LogP contribution in [0.25, 0.3) is 22.4 Å². The molecule has 3 rings (SSSR count). The number of nitrogens with zero attached hydrogens (tertiary/aromatic N) is 2. The molecule has 1 aromatic carbocycles. The molecule has 0 bridgehead atoms. The average Bonchev–Trinajstić information content (AvgIpc) is 2.71. The molecule has 0 amide bonds. The number of aromatic amines is 1. The predicted octanol–water partition coefficient (Wildman–Crippen LogP) is 2.53. The van der Waals surface area contributed by atoms with Gasteiger partial charge in [0.25, 0.3) is 0 Å². The summed E-state index contributed by atoms with van der Waals surface area (Å²) in [4.78, 5) is 10.8. The fourth-order valence-corrected chi connectivity index (χ4v) is 1.88. The first kappa shape index (κ1) is 9.98. The van der Waals surface area contributed by atoms with Gasteiger partial charge in [-0.05, 0) is 18.3 Å². The van der Waals surface area contributed by atoms with Crippen LogP contribution in [0.2, 0.25) is 0 Å². The van der Waals surface area contributed by atoms with Gasteiger partial charge in [-0.15, -0.1) is 0 Å². The van der Waals surface area contributed by atoms with Gasteiger partial charge in [0.1, 0.15) is 17.7 Å². The van der Waals surface area contributed by atoms with Crippen molar-refractivity contribution in [2.45, 2.75) is 0 Å². The van der Waals surface area contributed by atoms with Crippen LogP contribution < -0.4 is 5.73 Å². The van der Waals surface area contributed by atoms with Gasteiger partial charge in [-0.2, -0.15) is 4.98 Å². The highest BCUT2D eigenvalue weighted by Gasteiger charge is 2.09. The molecule has 0 aliphatic carbocycles. The summed E-state index contributed by atoms with van der Waals surface area (Å²) >= 11 is 4.93. The lowest BCUT2D eigenvalue weighted by Gasteiger charge is -1.99. The second-order valence-electron chi connectivity index (χ2n) is 3.51. The van der Waals surface area contributed by atoms with Crippen LogP contribution in [-0.4, -0.2) is 15.0 Å². The summed E-state index contributed by atoms with van der Waals surface area (Å²) in [7, 11) is 0. The smallest absolute Gasteiger partial charge is 0.224 e. The largest absolute Gasteiger partial charge is 0.464 e. The van der Waals surface area contributed by atoms with E-state index in [1.165, 1.54) is 0 Å². The predicted molar refractivity (Wildman–Crippen MR) is 66.8 cm³/mol. The maximum atomic E-state index is 5.61. The molecule has 2 aromatic heterocycles. The first-order valence-electron chi connectivity index (χ1n) is 4.94. The summed E-state index contributed by atoms with van der Waals surface area (Å²) in [5.74, 6) is 0.803. The fraction of sp³-hybridized carbons (Fsp3) is 0. The number of aromatic nitrogens is 3. The first-order chi connectivity index (χ1) is 8.24. The maximum Gasteiger partial charge on any atom is 0.224 e. The van der Waals surface area contributed by atoms with Crippen molar-refractivity contribution in [1.82, 2.24) is 15.0 Å². The van der Waals surface area contributed by atoms with Crippen molar-refractivity contribution in [2.75, 3.05) is 5.73 Å². The second-order valence-corrected chi connectivity index (χ2v) is 3.88. The molecule has 0 spiro atoms. The highest BCUT2D eigenvalue weighted by molar-refractivity contribution is 7.71. The van der Waals surface area contributed by atoms with E-state index in [0.29, 0.717) is 5.82 Å². The molecule has 3 aromatic rings. The number of rotatable bonds is 1. The van der Waals surface area contributed by atoms with Crippen LogP contribution in [0, 0.1) is 4.77 Å². The second kappa shape index (κ2) is 3.67. The zero-order chi connectivity index (χ0) is 11.8. The summed E-state index contributed by atoms with van der Waals surface area (Å²) in [5.41, 5.74) is 7.22. The van der Waals surface area contributed by atoms with Crippen LogP contribution in [-0.2, 0) is 0 Å². The van der Waals surface area contributed by atoms with Crippen LogP contribution in [0.1, 0.15) is 0 Å². The monoisotopic (exact) mass is 244 g/mol. The van der Waals surface area contributed by atoms with Gasteiger partial charge >= 0.3 is 0 Å². The molecule has 17 heavy (non-hydrogen) atoms. The molecule has 0 radical (unpaired) electrons. The Hall–Kier alpha value is -2.21. The van der Waals surface area contributed by atoms with Crippen molar-refractivity contribution < 1.29 is 4.42 Å². The average molecular weight is 244 g/mol. The molecule has 0 fully saturated rings. The summed E-state index contributed by atoms with van der Waals surface area (Å²) in [6.45, 7) is 0. The summed E-state index contributed by atoms with van der Waals surface area (Å²) in [6.07, 6.45) is 1.62. The van der Waals surface area contributed by atoms with E-state index in [9.17, 15) is 0 Å². The number of benzene rings is 1. The molecule has 2 heterocycles. The molecule has 0 aliphatic rings. The van der Waals surface area contributed by atoms with E-state index in [4.69, 9.17) is 22.4 Å². The number of para-hydroxylation sites is 1. The molecule has 0 unspecified atom stereocenters. The van der Waals surface area contributed by atoms with Crippen molar-refractivity contribution in [3.05, 3.63) is 35.3 Å². The van der Waals surface area contributed by atoms with Gasteiger partial charge in [-0.1, -0.05) is 18.2 Å². The number of nitrogen functional groups attached to an aromatic ring is 1. The lowest BCUT2D eigenvalue weighted by Crippen LogP contribution is -1.99. The number of fused-ring (bicyclic) bond motifs is 1. The zero-order valence-corrected chi connectivity index (χ0v) is 9.49. The molecular formula is C11H8N4OS. The Bertz CT molecular complexity index is 746. The summed E-state index contributed by atoms with van der Waals surface area (Å²) in [6, 6.07) is 7.67. The van der Waals surface area contributed by atoms with E-state index in [1.54, 1.807) is 6.26 Å². The van der Waals surface area contributed by atoms with Gasteiger partial charge in [0.2, 0.25) is 10.7 Å². The minimum absolute atomic E-state index is 0.210. The van der Waals surface area contributed by atoms with Crippen molar-refractivity contribution >= 4 is 29.1 Å². The molecular weight excluding hydrogens is 236 g/mol. The number of hydrogen-bond donors (Lipinski definition) is 2. The Balaban J connectivity index is 2.30. The third kappa shape index (κ3) is 1.68. The number of furan rings is 1. The highest BCUT2D eigenvalue weighted by atomic mass is 32.1. The topological polar surface area (TPSA) is 80.7 Å². The first-order valence-corrected chi connectivity index (χ1v) is 5.35. The van der Waals surface area contributed by atoms with Gasteiger partial charge in [0.05, 0.1) is 5.56 Å². The molecule has 0 atom stereocenters. The highest BCUT2D eigenvalue weighted by Crippen LogP contribution is 2.27. The molecule has 0 saturated carbocycles. The van der Waals surface area contributed by atoms with Crippen LogP contribution in [0.3, 0.4) is 0 Å². The van der Waals surface area contributed by atoms with Gasteiger partial charge < -0.3 is 15.1 Å². The zero-order valence-electron chi connectivity index (χ0n) is 8.68. The molecule has 3 N–H and O–H groups in total. The lowest BCUT2D eigenvalue weighted by atomic mass is 10.2. The van der Waals surface area contributed by atoms with E-state index >= 15 is 0 Å². The van der Waals surface area contributed by atoms with E-state index in [0.717, 1.165) is 16.5 Å². The SMILES string of the molecule is Nc1nc(=S)nc(-c2coc3ccccc23)[nH]1. The number of H-pyrrole nitrogens is 1. The van der Waals surface area contributed by atoms with Crippen LogP contribution in [0.5, 0.6) is 0 Å². The van der Waals surface area contributed by atoms with Crippen molar-refractivity contribution in [1.29, 1.82) is 0 Å². The van der Waals surface area contributed by atoms with Crippen molar-refractivity contribution in [3.8, 4) is 11.4 Å². The Kier molecular flexibility index (Phi) is 2.15. The minimum Gasteiger partial charge on any atom is -0.464 e. The minimum atomic E-state index is 0.210. The summed E-state index contributed by atoms with van der Waals surface area (Å²) < 4.78 is 5.64. The number of nitrogens with two attached hydrogens (primary N) is 1. The number of hydrogen-bond acceptors (Lipinski definition) is 5. The van der Waals surface area contributed by atoms with E-state index in [2.05, 4.69) is 15.0 Å². The number of nitrogens with one attached hydrogen (secondary N) is 1.